The molecule has 2 aromatic rings. The quantitative estimate of drug-likeness (QED) is 0.878. The second-order valence-corrected chi connectivity index (χ2v) is 5.81. The molecule has 0 saturated heterocycles. The van der Waals surface area contributed by atoms with Gasteiger partial charge in [-0.1, -0.05) is 18.2 Å². The Balaban J connectivity index is 2.01. The Labute approximate surface area is 135 Å². The monoisotopic (exact) mass is 315 g/mol. The van der Waals surface area contributed by atoms with Crippen molar-refractivity contribution in [2.75, 3.05) is 25.1 Å². The van der Waals surface area contributed by atoms with Crippen LogP contribution in [0.15, 0.2) is 24.3 Å². The largest absolute Gasteiger partial charge is 0.487 e. The maximum absolute atomic E-state index is 9.72. The minimum absolute atomic E-state index is 0.275. The van der Waals surface area contributed by atoms with E-state index in [-0.39, 0.29) is 6.61 Å². The van der Waals surface area contributed by atoms with Gasteiger partial charge >= 0.3 is 0 Å². The molecule has 0 fully saturated rings. The summed E-state index contributed by atoms with van der Waals surface area (Å²) in [7, 11) is 1.86. The lowest BCUT2D eigenvalue weighted by Crippen LogP contribution is -2.33. The van der Waals surface area contributed by atoms with Gasteiger partial charge in [-0.15, -0.1) is 0 Å². The number of hydrogen-bond acceptors (Lipinski definition) is 6. The van der Waals surface area contributed by atoms with E-state index in [9.17, 15) is 5.11 Å². The third-order valence-electron chi connectivity index (χ3n) is 3.94. The van der Waals surface area contributed by atoms with Crippen molar-refractivity contribution in [1.29, 1.82) is 0 Å². The van der Waals surface area contributed by atoms with Crippen LogP contribution in [0.4, 0.5) is 5.82 Å². The number of aliphatic hydroxyl groups is 2. The molecular formula is C17H21N3O3. The summed E-state index contributed by atoms with van der Waals surface area (Å²) in [5, 5.41) is 18.8. The highest BCUT2D eigenvalue weighted by molar-refractivity contribution is 5.53. The molecule has 0 unspecified atom stereocenters. The van der Waals surface area contributed by atoms with Crippen LogP contribution >= 0.6 is 0 Å². The average molecular weight is 315 g/mol. The topological polar surface area (TPSA) is 78.7 Å². The van der Waals surface area contributed by atoms with E-state index >= 15 is 0 Å². The standard InChI is InChI=1S/C17H21N3O3/c1-11-18-15-10-23-16-6-4-3-5-12(16)7-14(15)17(19-11)20(2)8-13(22)9-21/h3-6,13,21-22H,7-10H2,1-2H3/t13-/m0/s1. The number of para-hydroxylation sites is 1. The summed E-state index contributed by atoms with van der Waals surface area (Å²) in [6.07, 6.45) is -0.124. The second kappa shape index (κ2) is 6.52. The highest BCUT2D eigenvalue weighted by atomic mass is 16.5. The Morgan fingerprint density at radius 1 is 1.30 bits per heavy atom. The van der Waals surface area contributed by atoms with Gasteiger partial charge in [-0.3, -0.25) is 0 Å². The first-order valence-electron chi connectivity index (χ1n) is 7.65. The van der Waals surface area contributed by atoms with Crippen LogP contribution in [0.3, 0.4) is 0 Å². The first kappa shape index (κ1) is 15.7. The number of hydrogen-bond donors (Lipinski definition) is 2. The number of aromatic nitrogens is 2. The first-order chi connectivity index (χ1) is 11.1. The van der Waals surface area contributed by atoms with Crippen LogP contribution in [0.25, 0.3) is 0 Å². The van der Waals surface area contributed by atoms with Crippen molar-refractivity contribution in [3.05, 3.63) is 46.9 Å². The molecule has 122 valence electrons. The van der Waals surface area contributed by atoms with Gasteiger partial charge in [0.2, 0.25) is 0 Å². The van der Waals surface area contributed by atoms with Crippen LogP contribution < -0.4 is 9.64 Å². The minimum atomic E-state index is -0.805. The van der Waals surface area contributed by atoms with Crippen LogP contribution in [0.5, 0.6) is 5.75 Å². The predicted octanol–water partition coefficient (Wildman–Crippen LogP) is 1.06. The fraction of sp³-hybridized carbons (Fsp3) is 0.412. The van der Waals surface area contributed by atoms with Gasteiger partial charge in [0.25, 0.3) is 0 Å². The summed E-state index contributed by atoms with van der Waals surface area (Å²) < 4.78 is 5.87. The zero-order valence-corrected chi connectivity index (χ0v) is 13.4. The highest BCUT2D eigenvalue weighted by Gasteiger charge is 2.22. The lowest BCUT2D eigenvalue weighted by atomic mass is 10.0. The fourth-order valence-corrected chi connectivity index (χ4v) is 2.84. The van der Waals surface area contributed by atoms with Crippen molar-refractivity contribution in [1.82, 2.24) is 9.97 Å². The van der Waals surface area contributed by atoms with Gasteiger partial charge in [0, 0.05) is 25.6 Å². The van der Waals surface area contributed by atoms with Crippen LogP contribution in [-0.2, 0) is 13.0 Å². The van der Waals surface area contributed by atoms with Gasteiger partial charge in [-0.05, 0) is 18.6 Å². The maximum atomic E-state index is 9.72. The van der Waals surface area contributed by atoms with Gasteiger partial charge in [0.05, 0.1) is 18.4 Å². The molecule has 0 saturated carbocycles. The van der Waals surface area contributed by atoms with E-state index in [4.69, 9.17) is 9.84 Å². The summed E-state index contributed by atoms with van der Waals surface area (Å²) >= 11 is 0. The molecule has 2 heterocycles. The molecule has 2 N–H and O–H groups in total. The number of rotatable bonds is 4. The fourth-order valence-electron chi connectivity index (χ4n) is 2.84. The van der Waals surface area contributed by atoms with E-state index in [1.54, 1.807) is 0 Å². The van der Waals surface area contributed by atoms with Gasteiger partial charge in [0.1, 0.15) is 24.0 Å². The summed E-state index contributed by atoms with van der Waals surface area (Å²) in [4.78, 5) is 10.9. The molecule has 6 heteroatoms. The third-order valence-corrected chi connectivity index (χ3v) is 3.94. The molecule has 0 radical (unpaired) electrons. The average Bonchev–Trinajstić information content (AvgIpc) is 2.73. The number of aryl methyl sites for hydroxylation is 1. The number of nitrogens with zero attached hydrogens (tertiary/aromatic N) is 3. The van der Waals surface area contributed by atoms with Crippen LogP contribution in [-0.4, -0.2) is 46.5 Å². The van der Waals surface area contributed by atoms with E-state index in [0.29, 0.717) is 25.4 Å². The second-order valence-electron chi connectivity index (χ2n) is 5.81. The SMILES string of the molecule is Cc1nc2c(c(N(C)C[C@H](O)CO)n1)Cc1ccccc1OC2. The number of ether oxygens (including phenoxy) is 1. The van der Waals surface area contributed by atoms with Gasteiger partial charge in [0.15, 0.2) is 0 Å². The van der Waals surface area contributed by atoms with E-state index in [2.05, 4.69) is 9.97 Å². The number of anilines is 1. The Morgan fingerprint density at radius 3 is 2.87 bits per heavy atom. The molecular weight excluding hydrogens is 294 g/mol. The smallest absolute Gasteiger partial charge is 0.136 e. The van der Waals surface area contributed by atoms with Crippen LogP contribution in [0.2, 0.25) is 0 Å². The zero-order chi connectivity index (χ0) is 16.4. The van der Waals surface area contributed by atoms with Crippen molar-refractivity contribution in [3.8, 4) is 5.75 Å². The van der Waals surface area contributed by atoms with E-state index in [0.717, 1.165) is 28.4 Å². The van der Waals surface area contributed by atoms with Gasteiger partial charge in [-0.2, -0.15) is 0 Å². The molecule has 1 aliphatic heterocycles. The molecule has 1 aromatic heterocycles. The molecule has 1 aliphatic rings. The van der Waals surface area contributed by atoms with Crippen molar-refractivity contribution >= 4 is 5.82 Å². The normalized spacial score (nSPS) is 14.3. The van der Waals surface area contributed by atoms with Crippen molar-refractivity contribution in [3.63, 3.8) is 0 Å². The van der Waals surface area contributed by atoms with Crippen molar-refractivity contribution in [2.45, 2.75) is 26.1 Å². The molecule has 0 bridgehead atoms. The Morgan fingerprint density at radius 2 is 2.09 bits per heavy atom. The van der Waals surface area contributed by atoms with Crippen LogP contribution in [0.1, 0.15) is 22.6 Å². The lowest BCUT2D eigenvalue weighted by molar-refractivity contribution is 0.101. The van der Waals surface area contributed by atoms with Gasteiger partial charge in [-0.25, -0.2) is 9.97 Å². The molecule has 1 atom stereocenters. The maximum Gasteiger partial charge on any atom is 0.136 e. The van der Waals surface area contributed by atoms with E-state index in [1.807, 2.05) is 43.1 Å². The van der Waals surface area contributed by atoms with Crippen LogP contribution in [0, 0.1) is 6.92 Å². The summed E-state index contributed by atoms with van der Waals surface area (Å²) in [5.74, 6) is 2.31. The molecule has 0 aliphatic carbocycles. The number of benzene rings is 1. The van der Waals surface area contributed by atoms with Crippen molar-refractivity contribution in [2.24, 2.45) is 0 Å². The Bertz CT molecular complexity index is 705. The lowest BCUT2D eigenvalue weighted by Gasteiger charge is -2.24. The minimum Gasteiger partial charge on any atom is -0.487 e. The zero-order valence-electron chi connectivity index (χ0n) is 13.4. The number of likely N-dealkylation sites (N-methyl/N-ethyl adjacent to an activating group) is 1. The number of fused-ring (bicyclic) bond motifs is 2. The van der Waals surface area contributed by atoms with E-state index < -0.39 is 6.10 Å². The molecule has 0 amide bonds. The molecule has 1 aromatic carbocycles. The van der Waals surface area contributed by atoms with Gasteiger partial charge < -0.3 is 19.8 Å². The molecule has 3 rings (SSSR count). The van der Waals surface area contributed by atoms with Crippen molar-refractivity contribution < 1.29 is 14.9 Å². The molecule has 6 nitrogen and oxygen atoms in total. The third kappa shape index (κ3) is 3.28. The molecule has 0 spiro atoms. The summed E-state index contributed by atoms with van der Waals surface area (Å²) in [5.41, 5.74) is 2.97. The predicted molar refractivity (Wildman–Crippen MR) is 86.7 cm³/mol. The summed E-state index contributed by atoms with van der Waals surface area (Å²) in [6, 6.07) is 7.94. The first-order valence-corrected chi connectivity index (χ1v) is 7.65. The Hall–Kier alpha value is -2.18. The highest BCUT2D eigenvalue weighted by Crippen LogP contribution is 2.31. The molecule has 23 heavy (non-hydrogen) atoms. The Kier molecular flexibility index (Phi) is 4.45. The van der Waals surface area contributed by atoms with E-state index in [1.165, 1.54) is 0 Å². The summed E-state index contributed by atoms with van der Waals surface area (Å²) in [6.45, 7) is 2.28. The number of aliphatic hydroxyl groups excluding tert-OH is 2.